The second kappa shape index (κ2) is 5.84. The zero-order chi connectivity index (χ0) is 14.8. The molecule has 1 saturated carbocycles. The van der Waals surface area contributed by atoms with Crippen LogP contribution in [0, 0.1) is 11.8 Å². The Labute approximate surface area is 124 Å². The number of rotatable bonds is 3. The van der Waals surface area contributed by atoms with E-state index in [0.29, 0.717) is 11.5 Å². The van der Waals surface area contributed by atoms with Crippen LogP contribution in [0.5, 0.6) is 0 Å². The van der Waals surface area contributed by atoms with Crippen molar-refractivity contribution in [3.8, 4) is 0 Å². The summed E-state index contributed by atoms with van der Waals surface area (Å²) in [5, 5.41) is 9.24. The molecule has 1 aromatic rings. The first-order valence-electron chi connectivity index (χ1n) is 7.72. The molecule has 2 atom stereocenters. The number of carbonyl (C=O) groups excluding carboxylic acids is 1. The summed E-state index contributed by atoms with van der Waals surface area (Å²) < 4.78 is 0. The van der Waals surface area contributed by atoms with Crippen LogP contribution < -0.4 is 0 Å². The van der Waals surface area contributed by atoms with Crippen molar-refractivity contribution in [2.75, 3.05) is 0 Å². The molecule has 2 aliphatic rings. The van der Waals surface area contributed by atoms with Crippen molar-refractivity contribution in [2.24, 2.45) is 11.8 Å². The molecule has 0 aliphatic heterocycles. The number of aromatic carboxylic acids is 1. The molecule has 0 bridgehead atoms. The second-order valence-corrected chi connectivity index (χ2v) is 6.10. The zero-order valence-electron chi connectivity index (χ0n) is 12.0. The fourth-order valence-corrected chi connectivity index (χ4v) is 3.70. The summed E-state index contributed by atoms with van der Waals surface area (Å²) in [5.74, 6) is -0.411. The molecule has 21 heavy (non-hydrogen) atoms. The van der Waals surface area contributed by atoms with Crippen LogP contribution >= 0.6 is 0 Å². The zero-order valence-corrected chi connectivity index (χ0v) is 12.0. The number of hydrogen-bond donors (Lipinski definition) is 1. The lowest BCUT2D eigenvalue weighted by Gasteiger charge is -2.33. The summed E-state index contributed by atoms with van der Waals surface area (Å²) in [7, 11) is 0. The molecule has 0 radical (unpaired) electrons. The molecule has 0 heterocycles. The van der Waals surface area contributed by atoms with Crippen molar-refractivity contribution < 1.29 is 14.7 Å². The minimum Gasteiger partial charge on any atom is -0.478 e. The molecule has 1 aromatic carbocycles. The van der Waals surface area contributed by atoms with Gasteiger partial charge in [-0.2, -0.15) is 0 Å². The number of carboxylic acids is 1. The maximum atomic E-state index is 12.7. The highest BCUT2D eigenvalue weighted by Crippen LogP contribution is 2.40. The van der Waals surface area contributed by atoms with Gasteiger partial charge in [0, 0.05) is 11.5 Å². The van der Waals surface area contributed by atoms with Crippen molar-refractivity contribution >= 4 is 11.8 Å². The lowest BCUT2D eigenvalue weighted by molar-refractivity contribution is 0.0689. The average molecular weight is 284 g/mol. The topological polar surface area (TPSA) is 54.4 Å². The number of Topliss-reactive ketones (excluding diaryl/α,β-unsaturated/α-hetero) is 1. The summed E-state index contributed by atoms with van der Waals surface area (Å²) in [6, 6.07) is 6.57. The predicted molar refractivity (Wildman–Crippen MR) is 80.5 cm³/mol. The Bertz CT molecular complexity index is 600. The molecule has 0 amide bonds. The standard InChI is InChI=1S/C18H20O3/c19-17(15-7-3-4-8-16(15)18(20)21)14-10-9-12-5-1-2-6-13(12)11-14/h3-4,6-8,12,14H,1-2,5,9-11H2,(H,20,21). The van der Waals surface area contributed by atoms with Crippen LogP contribution in [0.3, 0.4) is 0 Å². The van der Waals surface area contributed by atoms with Gasteiger partial charge in [0.2, 0.25) is 0 Å². The quantitative estimate of drug-likeness (QED) is 0.671. The number of fused-ring (bicyclic) bond motifs is 1. The van der Waals surface area contributed by atoms with Crippen LogP contribution in [-0.4, -0.2) is 16.9 Å². The van der Waals surface area contributed by atoms with E-state index < -0.39 is 5.97 Å². The second-order valence-electron chi connectivity index (χ2n) is 6.10. The first kappa shape index (κ1) is 14.1. The minimum atomic E-state index is -1.02. The smallest absolute Gasteiger partial charge is 0.336 e. The number of carbonyl (C=O) groups is 2. The van der Waals surface area contributed by atoms with Gasteiger partial charge < -0.3 is 5.11 Å². The normalized spacial score (nSPS) is 24.9. The molecule has 3 heteroatoms. The Balaban J connectivity index is 1.83. The van der Waals surface area contributed by atoms with Crippen LogP contribution in [0.25, 0.3) is 0 Å². The third-order valence-electron chi connectivity index (χ3n) is 4.83. The van der Waals surface area contributed by atoms with Gasteiger partial charge >= 0.3 is 5.97 Å². The first-order chi connectivity index (χ1) is 10.2. The van der Waals surface area contributed by atoms with Gasteiger partial charge in [-0.05, 0) is 50.5 Å². The number of hydrogen-bond acceptors (Lipinski definition) is 2. The number of ketones is 1. The van der Waals surface area contributed by atoms with Crippen LogP contribution in [0.2, 0.25) is 0 Å². The van der Waals surface area contributed by atoms with E-state index in [1.165, 1.54) is 24.5 Å². The molecule has 0 aromatic heterocycles. The molecule has 3 rings (SSSR count). The lowest BCUT2D eigenvalue weighted by Crippen LogP contribution is -2.26. The highest BCUT2D eigenvalue weighted by atomic mass is 16.4. The van der Waals surface area contributed by atoms with Gasteiger partial charge in [0.15, 0.2) is 5.78 Å². The molecule has 2 aliphatic carbocycles. The Morgan fingerprint density at radius 2 is 1.81 bits per heavy atom. The third kappa shape index (κ3) is 2.78. The highest BCUT2D eigenvalue weighted by Gasteiger charge is 2.32. The van der Waals surface area contributed by atoms with Crippen molar-refractivity contribution in [3.05, 3.63) is 47.0 Å². The monoisotopic (exact) mass is 284 g/mol. The summed E-state index contributed by atoms with van der Waals surface area (Å²) in [6.07, 6.45) is 8.70. The van der Waals surface area contributed by atoms with E-state index in [9.17, 15) is 14.7 Å². The van der Waals surface area contributed by atoms with Crippen molar-refractivity contribution in [1.29, 1.82) is 0 Å². The fraction of sp³-hybridized carbons (Fsp3) is 0.444. The van der Waals surface area contributed by atoms with E-state index >= 15 is 0 Å². The first-order valence-corrected chi connectivity index (χ1v) is 7.72. The predicted octanol–water partition coefficient (Wildman–Crippen LogP) is 4.09. The largest absolute Gasteiger partial charge is 0.478 e. The fourth-order valence-electron chi connectivity index (χ4n) is 3.70. The van der Waals surface area contributed by atoms with Crippen LogP contribution in [-0.2, 0) is 0 Å². The maximum absolute atomic E-state index is 12.7. The van der Waals surface area contributed by atoms with Crippen molar-refractivity contribution in [2.45, 2.75) is 38.5 Å². The van der Waals surface area contributed by atoms with Crippen LogP contribution in [0.15, 0.2) is 35.9 Å². The molecule has 1 N–H and O–H groups in total. The number of benzene rings is 1. The van der Waals surface area contributed by atoms with Gasteiger partial charge in [0.1, 0.15) is 0 Å². The lowest BCUT2D eigenvalue weighted by atomic mass is 9.71. The summed E-state index contributed by atoms with van der Waals surface area (Å²) >= 11 is 0. The summed E-state index contributed by atoms with van der Waals surface area (Å²) in [6.45, 7) is 0. The number of carboxylic acid groups (broad SMARTS) is 1. The van der Waals surface area contributed by atoms with E-state index in [1.54, 1.807) is 18.2 Å². The van der Waals surface area contributed by atoms with Crippen molar-refractivity contribution in [3.63, 3.8) is 0 Å². The SMILES string of the molecule is O=C(O)c1ccccc1C(=O)C1CCC2CCCC=C2C1. The van der Waals surface area contributed by atoms with Crippen LogP contribution in [0.1, 0.15) is 59.2 Å². The number of allylic oxidation sites excluding steroid dienone is 2. The highest BCUT2D eigenvalue weighted by molar-refractivity contribution is 6.06. The summed E-state index contributed by atoms with van der Waals surface area (Å²) in [5.41, 5.74) is 1.92. The molecule has 0 saturated heterocycles. The minimum absolute atomic E-state index is 0.00192. The van der Waals surface area contributed by atoms with Gasteiger partial charge in [-0.3, -0.25) is 4.79 Å². The maximum Gasteiger partial charge on any atom is 0.336 e. The third-order valence-corrected chi connectivity index (χ3v) is 4.83. The van der Waals surface area contributed by atoms with Gasteiger partial charge in [-0.15, -0.1) is 0 Å². The molecule has 0 spiro atoms. The average Bonchev–Trinajstić information content (AvgIpc) is 2.53. The van der Waals surface area contributed by atoms with E-state index in [1.807, 2.05) is 0 Å². The molecule has 3 nitrogen and oxygen atoms in total. The molecular weight excluding hydrogens is 264 g/mol. The van der Waals surface area contributed by atoms with Crippen LogP contribution in [0.4, 0.5) is 0 Å². The van der Waals surface area contributed by atoms with Crippen molar-refractivity contribution in [1.82, 2.24) is 0 Å². The Morgan fingerprint density at radius 3 is 2.57 bits per heavy atom. The van der Waals surface area contributed by atoms with Gasteiger partial charge in [-0.1, -0.05) is 29.8 Å². The Morgan fingerprint density at radius 1 is 1.05 bits per heavy atom. The molecule has 2 unspecified atom stereocenters. The van der Waals surface area contributed by atoms with E-state index in [0.717, 1.165) is 25.7 Å². The Hall–Kier alpha value is -1.90. The van der Waals surface area contributed by atoms with E-state index in [4.69, 9.17) is 0 Å². The van der Waals surface area contributed by atoms with Gasteiger partial charge in [-0.25, -0.2) is 4.79 Å². The van der Waals surface area contributed by atoms with Gasteiger partial charge in [0.05, 0.1) is 5.56 Å². The van der Waals surface area contributed by atoms with E-state index in [2.05, 4.69) is 6.08 Å². The molecule has 110 valence electrons. The van der Waals surface area contributed by atoms with E-state index in [-0.39, 0.29) is 17.3 Å². The van der Waals surface area contributed by atoms with Gasteiger partial charge in [0.25, 0.3) is 0 Å². The molecule has 1 fully saturated rings. The molecular formula is C18H20O3. The Kier molecular flexibility index (Phi) is 3.91. The summed E-state index contributed by atoms with van der Waals surface area (Å²) in [4.78, 5) is 24.0.